The number of carbonyl (C=O) groups excluding carboxylic acids is 2. The lowest BCUT2D eigenvalue weighted by atomic mass is 9.92. The molecule has 0 aromatic heterocycles. The summed E-state index contributed by atoms with van der Waals surface area (Å²) >= 11 is 6.47. The Morgan fingerprint density at radius 3 is 2.66 bits per heavy atom. The van der Waals surface area contributed by atoms with Crippen LogP contribution in [-0.2, 0) is 22.4 Å². The van der Waals surface area contributed by atoms with Gasteiger partial charge in [0.2, 0.25) is 5.91 Å². The molecule has 1 aliphatic rings. The number of fused-ring (bicyclic) bond motifs is 1. The van der Waals surface area contributed by atoms with Crippen LogP contribution >= 0.6 is 11.6 Å². The normalized spacial score (nSPS) is 16.5. The number of amides is 1. The standard InChI is InChI=1S/C25H31ClN2O4/c1-15(2)14-31-25(30)32-19-10-17(4)20(21(26)11-19)12-22(27)24(29)28-13-16(3)9-18-7-5-6-8-23(18)28/h5-8,10-11,15-16,22H,9,12-14,27H2,1-4H3/t16?,22-/m1/s1. The maximum Gasteiger partial charge on any atom is 0.513 e. The Hall–Kier alpha value is -2.57. The predicted octanol–water partition coefficient (Wildman–Crippen LogP) is 4.92. The maximum absolute atomic E-state index is 13.2. The Morgan fingerprint density at radius 2 is 1.97 bits per heavy atom. The number of aryl methyl sites for hydroxylation is 1. The molecule has 0 fully saturated rings. The molecule has 0 saturated heterocycles. The summed E-state index contributed by atoms with van der Waals surface area (Å²) in [7, 11) is 0. The van der Waals surface area contributed by atoms with Crippen LogP contribution in [0.4, 0.5) is 10.5 Å². The minimum absolute atomic E-state index is 0.128. The summed E-state index contributed by atoms with van der Waals surface area (Å²) in [5, 5.41) is 0.396. The third kappa shape index (κ3) is 5.81. The summed E-state index contributed by atoms with van der Waals surface area (Å²) in [4.78, 5) is 26.9. The molecule has 0 saturated carbocycles. The third-order valence-corrected chi connectivity index (χ3v) is 5.82. The van der Waals surface area contributed by atoms with Crippen molar-refractivity contribution in [2.24, 2.45) is 17.6 Å². The molecule has 0 spiro atoms. The molecule has 1 amide bonds. The molecule has 2 aromatic rings. The predicted molar refractivity (Wildman–Crippen MR) is 126 cm³/mol. The number of nitrogens with zero attached hydrogens (tertiary/aromatic N) is 1. The first kappa shape index (κ1) is 24.1. The number of carbonyl (C=O) groups is 2. The molecule has 1 heterocycles. The zero-order valence-corrected chi connectivity index (χ0v) is 19.8. The van der Waals surface area contributed by atoms with Gasteiger partial charge >= 0.3 is 6.16 Å². The lowest BCUT2D eigenvalue weighted by molar-refractivity contribution is -0.120. The summed E-state index contributed by atoms with van der Waals surface area (Å²) in [6.07, 6.45) is 0.460. The van der Waals surface area contributed by atoms with Crippen LogP contribution in [0.25, 0.3) is 0 Å². The van der Waals surface area contributed by atoms with Crippen molar-refractivity contribution < 1.29 is 19.1 Å². The van der Waals surface area contributed by atoms with Crippen molar-refractivity contribution in [2.45, 2.75) is 46.6 Å². The van der Waals surface area contributed by atoms with Crippen LogP contribution in [0, 0.1) is 18.8 Å². The molecule has 1 unspecified atom stereocenters. The first-order valence-electron chi connectivity index (χ1n) is 10.9. The molecule has 172 valence electrons. The zero-order chi connectivity index (χ0) is 23.4. The number of anilines is 1. The van der Waals surface area contributed by atoms with Crippen molar-refractivity contribution in [2.75, 3.05) is 18.1 Å². The number of hydrogen-bond donors (Lipinski definition) is 1. The van der Waals surface area contributed by atoms with E-state index in [-0.39, 0.29) is 24.9 Å². The SMILES string of the molecule is Cc1cc(OC(=O)OCC(C)C)cc(Cl)c1C[C@@H](N)C(=O)N1CC(C)Cc2ccccc21. The van der Waals surface area contributed by atoms with E-state index in [0.717, 1.165) is 28.8 Å². The van der Waals surface area contributed by atoms with Gasteiger partial charge in [0.15, 0.2) is 0 Å². The molecule has 0 radical (unpaired) electrons. The minimum Gasteiger partial charge on any atom is -0.434 e. The Kier molecular flexibility index (Phi) is 7.80. The first-order valence-corrected chi connectivity index (χ1v) is 11.3. The van der Waals surface area contributed by atoms with Gasteiger partial charge in [-0.2, -0.15) is 0 Å². The zero-order valence-electron chi connectivity index (χ0n) is 19.1. The van der Waals surface area contributed by atoms with Gasteiger partial charge in [-0.1, -0.05) is 50.6 Å². The molecule has 2 aromatic carbocycles. The summed E-state index contributed by atoms with van der Waals surface area (Å²) in [6.45, 7) is 8.78. The molecular weight excluding hydrogens is 428 g/mol. The van der Waals surface area contributed by atoms with Crippen molar-refractivity contribution in [1.29, 1.82) is 0 Å². The van der Waals surface area contributed by atoms with Crippen molar-refractivity contribution in [3.05, 3.63) is 58.1 Å². The van der Waals surface area contributed by atoms with Gasteiger partial charge in [-0.25, -0.2) is 4.79 Å². The second-order valence-corrected chi connectivity index (χ2v) is 9.36. The Labute approximate surface area is 194 Å². The number of halogens is 1. The third-order valence-electron chi connectivity index (χ3n) is 5.48. The second kappa shape index (κ2) is 10.4. The lowest BCUT2D eigenvalue weighted by Gasteiger charge is -2.34. The van der Waals surface area contributed by atoms with Crippen LogP contribution in [0.3, 0.4) is 0 Å². The summed E-state index contributed by atoms with van der Waals surface area (Å²) in [6, 6.07) is 10.5. The monoisotopic (exact) mass is 458 g/mol. The average molecular weight is 459 g/mol. The summed E-state index contributed by atoms with van der Waals surface area (Å²) < 4.78 is 10.3. The second-order valence-electron chi connectivity index (χ2n) is 8.95. The van der Waals surface area contributed by atoms with E-state index in [1.165, 1.54) is 0 Å². The largest absolute Gasteiger partial charge is 0.513 e. The van der Waals surface area contributed by atoms with Crippen molar-refractivity contribution in [1.82, 2.24) is 0 Å². The van der Waals surface area contributed by atoms with E-state index in [2.05, 4.69) is 13.0 Å². The van der Waals surface area contributed by atoms with E-state index in [9.17, 15) is 9.59 Å². The average Bonchev–Trinajstić information content (AvgIpc) is 2.73. The molecule has 0 bridgehead atoms. The van der Waals surface area contributed by atoms with Gasteiger partial charge in [0.1, 0.15) is 5.75 Å². The number of para-hydroxylation sites is 1. The highest BCUT2D eigenvalue weighted by molar-refractivity contribution is 6.31. The Balaban J connectivity index is 1.72. The van der Waals surface area contributed by atoms with Gasteiger partial charge in [0, 0.05) is 17.3 Å². The number of benzene rings is 2. The van der Waals surface area contributed by atoms with Gasteiger partial charge in [-0.3, -0.25) is 4.79 Å². The highest BCUT2D eigenvalue weighted by atomic mass is 35.5. The molecule has 3 rings (SSSR count). The maximum atomic E-state index is 13.2. The first-order chi connectivity index (χ1) is 15.2. The van der Waals surface area contributed by atoms with Gasteiger partial charge in [0.25, 0.3) is 0 Å². The highest BCUT2D eigenvalue weighted by Crippen LogP contribution is 2.31. The van der Waals surface area contributed by atoms with Gasteiger partial charge in [-0.15, -0.1) is 0 Å². The van der Waals surface area contributed by atoms with Crippen molar-refractivity contribution in [3.63, 3.8) is 0 Å². The van der Waals surface area contributed by atoms with E-state index < -0.39 is 12.2 Å². The van der Waals surface area contributed by atoms with Crippen LogP contribution in [0.1, 0.15) is 37.5 Å². The van der Waals surface area contributed by atoms with E-state index >= 15 is 0 Å². The summed E-state index contributed by atoms with van der Waals surface area (Å²) in [5.41, 5.74) is 9.99. The number of hydrogen-bond acceptors (Lipinski definition) is 5. The molecule has 2 N–H and O–H groups in total. The summed E-state index contributed by atoms with van der Waals surface area (Å²) in [5.74, 6) is 0.739. The van der Waals surface area contributed by atoms with E-state index in [0.29, 0.717) is 23.2 Å². The van der Waals surface area contributed by atoms with E-state index in [4.69, 9.17) is 26.8 Å². The lowest BCUT2D eigenvalue weighted by Crippen LogP contribution is -2.48. The van der Waals surface area contributed by atoms with Crippen LogP contribution in [0.15, 0.2) is 36.4 Å². The Morgan fingerprint density at radius 1 is 1.25 bits per heavy atom. The van der Waals surface area contributed by atoms with Crippen molar-refractivity contribution in [3.8, 4) is 5.75 Å². The molecule has 32 heavy (non-hydrogen) atoms. The molecule has 7 heteroatoms. The fourth-order valence-electron chi connectivity index (χ4n) is 3.93. The quantitative estimate of drug-likeness (QED) is 0.491. The van der Waals surface area contributed by atoms with Gasteiger partial charge in [0.05, 0.1) is 12.6 Å². The molecule has 2 atom stereocenters. The van der Waals surface area contributed by atoms with E-state index in [1.807, 2.05) is 39.0 Å². The highest BCUT2D eigenvalue weighted by Gasteiger charge is 2.30. The molecular formula is C25H31ClN2O4. The van der Waals surface area contributed by atoms with Gasteiger partial charge < -0.3 is 20.1 Å². The van der Waals surface area contributed by atoms with Crippen LogP contribution < -0.4 is 15.4 Å². The van der Waals surface area contributed by atoms with Crippen LogP contribution in [0.2, 0.25) is 5.02 Å². The number of rotatable bonds is 6. The van der Waals surface area contributed by atoms with Crippen LogP contribution in [0.5, 0.6) is 5.75 Å². The fraction of sp³-hybridized carbons (Fsp3) is 0.440. The number of ether oxygens (including phenoxy) is 2. The minimum atomic E-state index is -0.772. The Bertz CT molecular complexity index is 969. The number of nitrogens with two attached hydrogens (primary N) is 1. The molecule has 0 aliphatic carbocycles. The smallest absolute Gasteiger partial charge is 0.434 e. The van der Waals surface area contributed by atoms with Crippen LogP contribution in [-0.4, -0.2) is 31.3 Å². The van der Waals surface area contributed by atoms with Crippen molar-refractivity contribution >= 4 is 29.4 Å². The molecule has 1 aliphatic heterocycles. The van der Waals surface area contributed by atoms with E-state index in [1.54, 1.807) is 17.0 Å². The topological polar surface area (TPSA) is 81.9 Å². The van der Waals surface area contributed by atoms with Gasteiger partial charge in [-0.05, 0) is 66.5 Å². The molecule has 6 nitrogen and oxygen atoms in total. The fourth-order valence-corrected chi connectivity index (χ4v) is 4.27.